The maximum atomic E-state index is 11.7. The summed E-state index contributed by atoms with van der Waals surface area (Å²) >= 11 is 0. The SMILES string of the molecule is CC1(C(=O)O)CCC2C(CCC3CC(O)CCC32C)C1C=O. The summed E-state index contributed by atoms with van der Waals surface area (Å²) in [6.07, 6.45) is 6.93. The lowest BCUT2D eigenvalue weighted by atomic mass is 9.45. The van der Waals surface area contributed by atoms with Gasteiger partial charge in [0, 0.05) is 5.92 Å². The first-order valence-electron chi connectivity index (χ1n) is 8.69. The van der Waals surface area contributed by atoms with E-state index >= 15 is 0 Å². The Balaban J connectivity index is 1.91. The van der Waals surface area contributed by atoms with E-state index in [1.165, 1.54) is 0 Å². The van der Waals surface area contributed by atoms with Crippen LogP contribution in [0, 0.1) is 34.5 Å². The highest BCUT2D eigenvalue weighted by atomic mass is 16.4. The van der Waals surface area contributed by atoms with Crippen molar-refractivity contribution in [3.05, 3.63) is 0 Å². The lowest BCUT2D eigenvalue weighted by Crippen LogP contribution is -2.56. The van der Waals surface area contributed by atoms with Gasteiger partial charge in [0.05, 0.1) is 11.5 Å². The molecule has 0 amide bonds. The predicted octanol–water partition coefficient (Wildman–Crippen LogP) is 2.88. The average Bonchev–Trinajstić information content (AvgIpc) is 2.47. The van der Waals surface area contributed by atoms with Gasteiger partial charge in [-0.1, -0.05) is 6.92 Å². The third-order valence-electron chi connectivity index (χ3n) is 7.52. The summed E-state index contributed by atoms with van der Waals surface area (Å²) in [6.45, 7) is 4.08. The Labute approximate surface area is 132 Å². The Bertz CT molecular complexity index is 476. The maximum absolute atomic E-state index is 11.7. The van der Waals surface area contributed by atoms with Gasteiger partial charge in [0.25, 0.3) is 0 Å². The zero-order valence-corrected chi connectivity index (χ0v) is 13.6. The molecule has 0 aromatic carbocycles. The fourth-order valence-corrected chi connectivity index (χ4v) is 5.99. The summed E-state index contributed by atoms with van der Waals surface area (Å²) in [4.78, 5) is 23.5. The maximum Gasteiger partial charge on any atom is 0.310 e. The van der Waals surface area contributed by atoms with Crippen molar-refractivity contribution in [3.63, 3.8) is 0 Å². The van der Waals surface area contributed by atoms with Crippen molar-refractivity contribution in [1.29, 1.82) is 0 Å². The van der Waals surface area contributed by atoms with Crippen LogP contribution in [-0.4, -0.2) is 28.6 Å². The first kappa shape index (κ1) is 16.0. The van der Waals surface area contributed by atoms with Crippen LogP contribution in [0.1, 0.15) is 58.8 Å². The number of hydrogen-bond acceptors (Lipinski definition) is 3. The molecule has 0 spiro atoms. The summed E-state index contributed by atoms with van der Waals surface area (Å²) in [7, 11) is 0. The molecule has 0 aromatic rings. The molecule has 124 valence electrons. The number of carbonyl (C=O) groups is 2. The quantitative estimate of drug-likeness (QED) is 0.769. The fourth-order valence-electron chi connectivity index (χ4n) is 5.99. The Kier molecular flexibility index (Phi) is 3.87. The molecule has 3 fully saturated rings. The third kappa shape index (κ3) is 2.14. The second kappa shape index (κ2) is 5.33. The third-order valence-corrected chi connectivity index (χ3v) is 7.52. The topological polar surface area (TPSA) is 74.6 Å². The van der Waals surface area contributed by atoms with Crippen LogP contribution < -0.4 is 0 Å². The van der Waals surface area contributed by atoms with Gasteiger partial charge >= 0.3 is 5.97 Å². The molecule has 0 saturated heterocycles. The lowest BCUT2D eigenvalue weighted by Gasteiger charge is -2.59. The predicted molar refractivity (Wildman–Crippen MR) is 82.2 cm³/mol. The number of rotatable bonds is 2. The lowest BCUT2D eigenvalue weighted by molar-refractivity contribution is -0.170. The van der Waals surface area contributed by atoms with Gasteiger partial charge in [-0.05, 0) is 75.0 Å². The van der Waals surface area contributed by atoms with Gasteiger partial charge in [-0.3, -0.25) is 4.79 Å². The Morgan fingerprint density at radius 2 is 1.86 bits per heavy atom. The molecular formula is C18H28O4. The van der Waals surface area contributed by atoms with Crippen LogP contribution in [0.4, 0.5) is 0 Å². The minimum Gasteiger partial charge on any atom is -0.481 e. The van der Waals surface area contributed by atoms with E-state index in [0.29, 0.717) is 18.3 Å². The van der Waals surface area contributed by atoms with E-state index in [9.17, 15) is 19.8 Å². The minimum atomic E-state index is -0.902. The van der Waals surface area contributed by atoms with Gasteiger partial charge in [0.15, 0.2) is 0 Å². The molecule has 3 aliphatic rings. The Hall–Kier alpha value is -0.900. The standard InChI is InChI=1S/C18H28O4/c1-17-7-5-12(20)9-11(17)3-4-13-14(17)6-8-18(2,16(21)22)15(13)10-19/h10-15,20H,3-9H2,1-2H3,(H,21,22). The molecule has 3 aliphatic carbocycles. The van der Waals surface area contributed by atoms with Gasteiger partial charge in [0.1, 0.15) is 6.29 Å². The summed E-state index contributed by atoms with van der Waals surface area (Å²) in [5.41, 5.74) is -0.733. The second-order valence-corrected chi connectivity index (χ2v) is 8.40. The molecule has 2 N–H and O–H groups in total. The van der Waals surface area contributed by atoms with Crippen molar-refractivity contribution in [2.24, 2.45) is 34.5 Å². The largest absolute Gasteiger partial charge is 0.481 e. The number of carboxylic acids is 1. The molecule has 7 unspecified atom stereocenters. The van der Waals surface area contributed by atoms with Gasteiger partial charge in [-0.2, -0.15) is 0 Å². The summed E-state index contributed by atoms with van der Waals surface area (Å²) in [5.74, 6) is -0.0352. The number of aliphatic hydroxyl groups is 1. The summed E-state index contributed by atoms with van der Waals surface area (Å²) in [5, 5.41) is 19.6. The molecule has 22 heavy (non-hydrogen) atoms. The molecule has 0 bridgehead atoms. The van der Waals surface area contributed by atoms with E-state index in [4.69, 9.17) is 0 Å². The number of aliphatic carboxylic acids is 1. The molecule has 3 saturated carbocycles. The van der Waals surface area contributed by atoms with E-state index in [1.807, 2.05) is 0 Å². The number of hydrogen-bond donors (Lipinski definition) is 2. The summed E-state index contributed by atoms with van der Waals surface area (Å²) < 4.78 is 0. The number of aliphatic hydroxyl groups excluding tert-OH is 1. The zero-order valence-electron chi connectivity index (χ0n) is 13.6. The van der Waals surface area contributed by atoms with Crippen molar-refractivity contribution in [2.75, 3.05) is 0 Å². The molecular weight excluding hydrogens is 280 g/mol. The summed E-state index contributed by atoms with van der Waals surface area (Å²) in [6, 6.07) is 0. The van der Waals surface area contributed by atoms with Crippen molar-refractivity contribution >= 4 is 12.3 Å². The van der Waals surface area contributed by atoms with Crippen LogP contribution in [0.5, 0.6) is 0 Å². The first-order valence-corrected chi connectivity index (χ1v) is 8.69. The van der Waals surface area contributed by atoms with E-state index in [2.05, 4.69) is 6.92 Å². The van der Waals surface area contributed by atoms with Crippen LogP contribution >= 0.6 is 0 Å². The van der Waals surface area contributed by atoms with Crippen molar-refractivity contribution in [1.82, 2.24) is 0 Å². The Morgan fingerprint density at radius 1 is 1.14 bits per heavy atom. The van der Waals surface area contributed by atoms with E-state index in [1.54, 1.807) is 6.92 Å². The van der Waals surface area contributed by atoms with Gasteiger partial charge in [-0.25, -0.2) is 0 Å². The van der Waals surface area contributed by atoms with Crippen LogP contribution in [0.2, 0.25) is 0 Å². The van der Waals surface area contributed by atoms with Crippen LogP contribution in [0.25, 0.3) is 0 Å². The van der Waals surface area contributed by atoms with Gasteiger partial charge in [-0.15, -0.1) is 0 Å². The molecule has 4 nitrogen and oxygen atoms in total. The monoisotopic (exact) mass is 308 g/mol. The highest BCUT2D eigenvalue weighted by molar-refractivity contribution is 5.79. The van der Waals surface area contributed by atoms with Crippen LogP contribution in [0.15, 0.2) is 0 Å². The van der Waals surface area contributed by atoms with Gasteiger partial charge < -0.3 is 15.0 Å². The van der Waals surface area contributed by atoms with Crippen LogP contribution in [0.3, 0.4) is 0 Å². The average molecular weight is 308 g/mol. The zero-order chi connectivity index (χ0) is 16.1. The van der Waals surface area contributed by atoms with E-state index in [-0.39, 0.29) is 23.4 Å². The van der Waals surface area contributed by atoms with Gasteiger partial charge in [0.2, 0.25) is 0 Å². The fraction of sp³-hybridized carbons (Fsp3) is 0.889. The number of fused-ring (bicyclic) bond motifs is 3. The number of aldehydes is 1. The highest BCUT2D eigenvalue weighted by Gasteiger charge is 2.58. The molecule has 0 radical (unpaired) electrons. The Morgan fingerprint density at radius 3 is 2.50 bits per heavy atom. The molecule has 0 aromatic heterocycles. The number of carbonyl (C=O) groups excluding carboxylic acids is 1. The molecule has 4 heteroatoms. The van der Waals surface area contributed by atoms with Crippen LogP contribution in [-0.2, 0) is 9.59 Å². The van der Waals surface area contributed by atoms with E-state index < -0.39 is 11.4 Å². The van der Waals surface area contributed by atoms with Crippen molar-refractivity contribution in [3.8, 4) is 0 Å². The van der Waals surface area contributed by atoms with E-state index in [0.717, 1.165) is 44.8 Å². The molecule has 7 atom stereocenters. The second-order valence-electron chi connectivity index (χ2n) is 8.40. The normalized spacial score (nSPS) is 51.5. The first-order chi connectivity index (χ1) is 10.3. The molecule has 0 heterocycles. The van der Waals surface area contributed by atoms with Crippen molar-refractivity contribution < 1.29 is 19.8 Å². The molecule has 0 aliphatic heterocycles. The van der Waals surface area contributed by atoms with Crippen molar-refractivity contribution in [2.45, 2.75) is 64.9 Å². The number of carboxylic acid groups (broad SMARTS) is 1. The molecule has 3 rings (SSSR count). The minimum absolute atomic E-state index is 0.170. The smallest absolute Gasteiger partial charge is 0.310 e. The highest BCUT2D eigenvalue weighted by Crippen LogP contribution is 2.62.